The molecule has 7 N–H and O–H groups in total. The SMILES string of the molecule is CCNC(=O)[C@H]1O[C@@H](n2cnc3c(N)nc(NCCc4ccc(CCC(=O)O)cc4)nc32)[C@H](O)C1O.Cl. The molecule has 1 unspecified atom stereocenters. The van der Waals surface area contributed by atoms with Crippen molar-refractivity contribution in [2.24, 2.45) is 0 Å². The Morgan fingerprint density at radius 1 is 1.11 bits per heavy atom. The normalized spacial score (nSPS) is 20.9. The average Bonchev–Trinajstić information content (AvgIpc) is 3.40. The molecule has 0 aliphatic carbocycles. The molecule has 14 heteroatoms. The molecular weight excluding hydrogens is 506 g/mol. The van der Waals surface area contributed by atoms with Crippen molar-refractivity contribution in [3.05, 3.63) is 41.7 Å². The average molecular weight is 536 g/mol. The summed E-state index contributed by atoms with van der Waals surface area (Å²) in [4.78, 5) is 35.8. The van der Waals surface area contributed by atoms with E-state index in [4.69, 9.17) is 15.6 Å². The molecule has 3 heterocycles. The number of nitrogen functional groups attached to an aromatic ring is 1. The predicted molar refractivity (Wildman–Crippen MR) is 136 cm³/mol. The minimum atomic E-state index is -1.42. The summed E-state index contributed by atoms with van der Waals surface area (Å²) in [5.41, 5.74) is 8.65. The lowest BCUT2D eigenvalue weighted by atomic mass is 10.1. The van der Waals surface area contributed by atoms with E-state index in [1.807, 2.05) is 24.3 Å². The Labute approximate surface area is 218 Å². The zero-order valence-electron chi connectivity index (χ0n) is 20.1. The van der Waals surface area contributed by atoms with Crippen LogP contribution in [-0.2, 0) is 27.2 Å². The maximum absolute atomic E-state index is 12.2. The van der Waals surface area contributed by atoms with E-state index >= 15 is 0 Å². The number of halogens is 1. The number of fused-ring (bicyclic) bond motifs is 1. The number of rotatable bonds is 10. The highest BCUT2D eigenvalue weighted by Crippen LogP contribution is 2.32. The Morgan fingerprint density at radius 2 is 1.78 bits per heavy atom. The third kappa shape index (κ3) is 6.25. The van der Waals surface area contributed by atoms with Gasteiger partial charge in [0.15, 0.2) is 23.8 Å². The van der Waals surface area contributed by atoms with Crippen LogP contribution in [0.3, 0.4) is 0 Å². The number of hydrogen-bond acceptors (Lipinski definition) is 10. The molecule has 13 nitrogen and oxygen atoms in total. The minimum Gasteiger partial charge on any atom is -0.481 e. The van der Waals surface area contributed by atoms with Gasteiger partial charge in [0.2, 0.25) is 5.95 Å². The first-order valence-electron chi connectivity index (χ1n) is 11.6. The molecule has 0 saturated carbocycles. The lowest BCUT2D eigenvalue weighted by Gasteiger charge is -2.16. The molecule has 1 amide bonds. The molecule has 1 aliphatic heterocycles. The number of carboxylic acid groups (broad SMARTS) is 1. The first-order chi connectivity index (χ1) is 17.3. The van der Waals surface area contributed by atoms with Crippen LogP contribution in [0.25, 0.3) is 11.2 Å². The van der Waals surface area contributed by atoms with Crippen LogP contribution in [0.2, 0.25) is 0 Å². The summed E-state index contributed by atoms with van der Waals surface area (Å²) in [5.74, 6) is -0.985. The summed E-state index contributed by atoms with van der Waals surface area (Å²) < 4.78 is 7.09. The number of aromatic nitrogens is 4. The van der Waals surface area contributed by atoms with Crippen molar-refractivity contribution in [3.8, 4) is 0 Å². The molecule has 37 heavy (non-hydrogen) atoms. The van der Waals surface area contributed by atoms with Crippen molar-refractivity contribution in [1.82, 2.24) is 24.8 Å². The summed E-state index contributed by atoms with van der Waals surface area (Å²) in [6, 6.07) is 7.71. The van der Waals surface area contributed by atoms with Gasteiger partial charge in [-0.05, 0) is 30.9 Å². The number of aliphatic hydroxyl groups is 2. The summed E-state index contributed by atoms with van der Waals surface area (Å²) in [6.07, 6.45) is -2.56. The molecule has 0 bridgehead atoms. The summed E-state index contributed by atoms with van der Waals surface area (Å²) in [7, 11) is 0. The number of benzene rings is 1. The van der Waals surface area contributed by atoms with Gasteiger partial charge in [0.1, 0.15) is 17.7 Å². The van der Waals surface area contributed by atoms with Crippen LogP contribution in [0.1, 0.15) is 30.7 Å². The van der Waals surface area contributed by atoms with E-state index in [9.17, 15) is 19.8 Å². The highest BCUT2D eigenvalue weighted by atomic mass is 35.5. The number of anilines is 2. The van der Waals surface area contributed by atoms with E-state index in [1.165, 1.54) is 10.9 Å². The number of aliphatic carboxylic acids is 1. The van der Waals surface area contributed by atoms with Crippen molar-refractivity contribution in [2.45, 2.75) is 50.7 Å². The van der Waals surface area contributed by atoms with Gasteiger partial charge in [-0.15, -0.1) is 12.4 Å². The van der Waals surface area contributed by atoms with E-state index in [2.05, 4.69) is 25.6 Å². The number of amides is 1. The molecule has 0 radical (unpaired) electrons. The lowest BCUT2D eigenvalue weighted by molar-refractivity contribution is -0.138. The number of carbonyl (C=O) groups is 2. The minimum absolute atomic E-state index is 0. The number of nitrogens with two attached hydrogens (primary N) is 1. The molecule has 2 aromatic heterocycles. The Hall–Kier alpha value is -3.52. The van der Waals surface area contributed by atoms with E-state index in [-0.39, 0.29) is 36.2 Å². The molecule has 1 saturated heterocycles. The second kappa shape index (κ2) is 12.1. The van der Waals surface area contributed by atoms with Gasteiger partial charge in [-0.1, -0.05) is 24.3 Å². The van der Waals surface area contributed by atoms with Gasteiger partial charge in [0.05, 0.1) is 6.33 Å². The zero-order chi connectivity index (χ0) is 25.8. The molecular formula is C23H30ClN7O6. The molecule has 4 rings (SSSR count). The summed E-state index contributed by atoms with van der Waals surface area (Å²) in [5, 5.41) is 35.4. The Bertz CT molecular complexity index is 1240. The zero-order valence-corrected chi connectivity index (χ0v) is 20.9. The van der Waals surface area contributed by atoms with Crippen LogP contribution in [-0.4, -0.2) is 78.1 Å². The fourth-order valence-electron chi connectivity index (χ4n) is 4.03. The lowest BCUT2D eigenvalue weighted by Crippen LogP contribution is -2.42. The Balaban J connectivity index is 0.00000380. The predicted octanol–water partition coefficient (Wildman–Crippen LogP) is 0.257. The van der Waals surface area contributed by atoms with Crippen molar-refractivity contribution in [3.63, 3.8) is 0 Å². The molecule has 1 aromatic carbocycles. The van der Waals surface area contributed by atoms with Gasteiger partial charge >= 0.3 is 5.97 Å². The Morgan fingerprint density at radius 3 is 2.43 bits per heavy atom. The van der Waals surface area contributed by atoms with Crippen LogP contribution >= 0.6 is 12.4 Å². The van der Waals surface area contributed by atoms with Crippen LogP contribution in [0.4, 0.5) is 11.8 Å². The van der Waals surface area contributed by atoms with Crippen LogP contribution in [0.5, 0.6) is 0 Å². The number of hydrogen-bond donors (Lipinski definition) is 6. The third-order valence-electron chi connectivity index (χ3n) is 5.92. The Kier molecular flexibility index (Phi) is 9.21. The largest absolute Gasteiger partial charge is 0.481 e. The number of imidazole rings is 1. The monoisotopic (exact) mass is 535 g/mol. The van der Waals surface area contributed by atoms with Crippen molar-refractivity contribution in [1.29, 1.82) is 0 Å². The number of ether oxygens (including phenoxy) is 1. The van der Waals surface area contributed by atoms with Gasteiger partial charge < -0.3 is 36.4 Å². The number of carboxylic acids is 1. The molecule has 0 spiro atoms. The molecule has 1 fully saturated rings. The number of carbonyl (C=O) groups excluding carboxylic acids is 1. The number of likely N-dealkylation sites (N-methyl/N-ethyl adjacent to an activating group) is 1. The van der Waals surface area contributed by atoms with Gasteiger partial charge in [0.25, 0.3) is 5.91 Å². The quantitative estimate of drug-likeness (QED) is 0.208. The van der Waals surface area contributed by atoms with E-state index in [1.54, 1.807) is 6.92 Å². The maximum Gasteiger partial charge on any atom is 0.303 e. The van der Waals surface area contributed by atoms with Gasteiger partial charge in [-0.2, -0.15) is 9.97 Å². The topological polar surface area (TPSA) is 198 Å². The van der Waals surface area contributed by atoms with Crippen molar-refractivity contribution in [2.75, 3.05) is 24.1 Å². The fraction of sp³-hybridized carbons (Fsp3) is 0.435. The standard InChI is InChI=1S/C23H29N7O6.ClH/c1-2-25-21(35)18-16(33)17(34)22(36-18)30-11-27-15-19(24)28-23(29-20(15)30)26-10-9-13-5-3-12(4-6-13)7-8-14(31)32;/h3-6,11,16-18,22,33-34H,2,7-10H2,1H3,(H,25,35)(H,31,32)(H3,24,26,28,29);1H/t16?,17-,18+,22-;/m1./s1. The molecule has 1 aliphatic rings. The second-order valence-corrected chi connectivity index (χ2v) is 8.47. The number of aryl methyl sites for hydroxylation is 1. The number of nitrogens with zero attached hydrogens (tertiary/aromatic N) is 4. The van der Waals surface area contributed by atoms with E-state index < -0.39 is 36.4 Å². The summed E-state index contributed by atoms with van der Waals surface area (Å²) in [6.45, 7) is 2.59. The maximum atomic E-state index is 12.2. The van der Waals surface area contributed by atoms with Crippen LogP contribution in [0, 0.1) is 0 Å². The first-order valence-corrected chi connectivity index (χ1v) is 11.6. The third-order valence-corrected chi connectivity index (χ3v) is 5.92. The van der Waals surface area contributed by atoms with Crippen LogP contribution in [0.15, 0.2) is 30.6 Å². The molecule has 4 atom stereocenters. The van der Waals surface area contributed by atoms with E-state index in [0.717, 1.165) is 11.1 Å². The number of nitrogens with one attached hydrogen (secondary N) is 2. The van der Waals surface area contributed by atoms with Gasteiger partial charge in [-0.25, -0.2) is 4.98 Å². The number of aliphatic hydroxyl groups excluding tert-OH is 2. The highest BCUT2D eigenvalue weighted by Gasteiger charge is 2.47. The van der Waals surface area contributed by atoms with Crippen molar-refractivity contribution < 1.29 is 29.6 Å². The van der Waals surface area contributed by atoms with Gasteiger partial charge in [0, 0.05) is 19.5 Å². The molecule has 200 valence electrons. The van der Waals surface area contributed by atoms with Gasteiger partial charge in [-0.3, -0.25) is 14.2 Å². The summed E-state index contributed by atoms with van der Waals surface area (Å²) >= 11 is 0. The first kappa shape index (κ1) is 28.1. The smallest absolute Gasteiger partial charge is 0.303 e. The fourth-order valence-corrected chi connectivity index (χ4v) is 4.03. The van der Waals surface area contributed by atoms with E-state index in [0.29, 0.717) is 31.4 Å². The second-order valence-electron chi connectivity index (χ2n) is 8.47. The van der Waals surface area contributed by atoms with Crippen LogP contribution < -0.4 is 16.4 Å². The van der Waals surface area contributed by atoms with Crippen molar-refractivity contribution >= 4 is 47.2 Å². The molecule has 3 aromatic rings. The highest BCUT2D eigenvalue weighted by molar-refractivity contribution is 5.85.